The molecule has 1 atom stereocenters. The van der Waals surface area contributed by atoms with Crippen molar-refractivity contribution in [1.29, 1.82) is 0 Å². The monoisotopic (exact) mass is 471 g/mol. The second kappa shape index (κ2) is 8.99. The van der Waals surface area contributed by atoms with Crippen molar-refractivity contribution in [2.45, 2.75) is 43.5 Å². The fourth-order valence-electron chi connectivity index (χ4n) is 5.00. The Bertz CT molecular complexity index is 1160. The molecule has 2 heterocycles. The quantitative estimate of drug-likeness (QED) is 0.670. The third kappa shape index (κ3) is 4.22. The highest BCUT2D eigenvalue weighted by molar-refractivity contribution is 7.93. The van der Waals surface area contributed by atoms with E-state index in [-0.39, 0.29) is 23.4 Å². The van der Waals surface area contributed by atoms with Gasteiger partial charge in [0.25, 0.3) is 10.0 Å². The van der Waals surface area contributed by atoms with Crippen LogP contribution < -0.4 is 9.04 Å². The number of piperidine rings is 1. The summed E-state index contributed by atoms with van der Waals surface area (Å²) in [5, 5.41) is 0. The van der Waals surface area contributed by atoms with Crippen molar-refractivity contribution in [1.82, 2.24) is 9.80 Å². The molecule has 1 amide bonds. The maximum absolute atomic E-state index is 13.8. The van der Waals surface area contributed by atoms with Crippen LogP contribution in [0, 0.1) is 13.8 Å². The molecule has 0 N–H and O–H groups in total. The molecule has 2 aliphatic heterocycles. The minimum absolute atomic E-state index is 0.0164. The number of amides is 1. The number of methoxy groups -OCH3 is 1. The molecule has 0 aromatic heterocycles. The molecular weight excluding hydrogens is 438 g/mol. The van der Waals surface area contributed by atoms with Crippen molar-refractivity contribution in [2.75, 3.05) is 45.1 Å². The molecule has 2 aliphatic rings. The summed E-state index contributed by atoms with van der Waals surface area (Å²) in [6, 6.07) is 10.9. The normalized spacial score (nSPS) is 19.4. The van der Waals surface area contributed by atoms with Crippen LogP contribution in [0.2, 0.25) is 0 Å². The molecule has 0 bridgehead atoms. The minimum Gasteiger partial charge on any atom is -0.496 e. The van der Waals surface area contributed by atoms with Crippen molar-refractivity contribution >= 4 is 21.6 Å². The van der Waals surface area contributed by atoms with E-state index in [1.807, 2.05) is 37.1 Å². The summed E-state index contributed by atoms with van der Waals surface area (Å²) in [7, 11) is 1.67. The van der Waals surface area contributed by atoms with E-state index < -0.39 is 15.9 Å². The smallest absolute Gasteiger partial charge is 0.264 e. The summed E-state index contributed by atoms with van der Waals surface area (Å²) in [6.45, 7) is 5.63. The van der Waals surface area contributed by atoms with Crippen molar-refractivity contribution < 1.29 is 17.9 Å². The number of benzene rings is 2. The number of hydrogen-bond donors (Lipinski definition) is 0. The van der Waals surface area contributed by atoms with Gasteiger partial charge in [0.05, 0.1) is 30.2 Å². The summed E-state index contributed by atoms with van der Waals surface area (Å²) in [5.41, 5.74) is 2.73. The second-order valence-corrected chi connectivity index (χ2v) is 11.0. The second-order valence-electron chi connectivity index (χ2n) is 9.22. The maximum atomic E-state index is 13.8. The third-order valence-electron chi connectivity index (χ3n) is 7.07. The van der Waals surface area contributed by atoms with Gasteiger partial charge in [-0.05, 0) is 81.7 Å². The Balaban J connectivity index is 1.67. The standard InChI is InChI=1S/C25H33N3O4S/c1-17-15-24(18(2)14-23(17)32-5)33(30,31)28-16-21(20-8-6-7-9-22(20)28)25(29)27(4)19-10-12-26(3)13-11-19/h6-9,14-15,19,21H,10-13,16H2,1-5H3. The Morgan fingerprint density at radius 3 is 2.42 bits per heavy atom. The van der Waals surface area contributed by atoms with Crippen molar-refractivity contribution in [3.05, 3.63) is 53.1 Å². The van der Waals surface area contributed by atoms with Gasteiger partial charge in [0.15, 0.2) is 0 Å². The van der Waals surface area contributed by atoms with Crippen LogP contribution >= 0.6 is 0 Å². The number of para-hydroxylation sites is 1. The molecule has 178 valence electrons. The molecule has 7 nitrogen and oxygen atoms in total. The SMILES string of the molecule is COc1cc(C)c(S(=O)(=O)N2CC(C(=O)N(C)C3CCN(C)CC3)c3ccccc32)cc1C. The average Bonchev–Trinajstić information content (AvgIpc) is 3.20. The Labute approximate surface area is 197 Å². The Morgan fingerprint density at radius 2 is 1.76 bits per heavy atom. The first kappa shape index (κ1) is 23.6. The van der Waals surface area contributed by atoms with E-state index in [9.17, 15) is 13.2 Å². The summed E-state index contributed by atoms with van der Waals surface area (Å²) >= 11 is 0. The lowest BCUT2D eigenvalue weighted by Crippen LogP contribution is -2.46. The Kier molecular flexibility index (Phi) is 6.42. The van der Waals surface area contributed by atoms with Crippen LogP contribution in [0.1, 0.15) is 35.4 Å². The van der Waals surface area contributed by atoms with E-state index in [1.165, 1.54) is 4.31 Å². The van der Waals surface area contributed by atoms with Gasteiger partial charge < -0.3 is 14.5 Å². The number of hydrogen-bond acceptors (Lipinski definition) is 5. The summed E-state index contributed by atoms with van der Waals surface area (Å²) in [4.78, 5) is 17.9. The fourth-order valence-corrected chi connectivity index (χ4v) is 6.80. The first-order chi connectivity index (χ1) is 15.6. The number of ether oxygens (including phenoxy) is 1. The zero-order valence-electron chi connectivity index (χ0n) is 20.0. The van der Waals surface area contributed by atoms with Crippen LogP contribution in [0.4, 0.5) is 5.69 Å². The molecule has 2 aromatic carbocycles. The van der Waals surface area contributed by atoms with Crippen LogP contribution in [0.25, 0.3) is 0 Å². The average molecular weight is 472 g/mol. The van der Waals surface area contributed by atoms with Gasteiger partial charge >= 0.3 is 0 Å². The van der Waals surface area contributed by atoms with Gasteiger partial charge in [-0.2, -0.15) is 0 Å². The van der Waals surface area contributed by atoms with Gasteiger partial charge in [0, 0.05) is 13.1 Å². The molecule has 8 heteroatoms. The number of aryl methyl sites for hydroxylation is 2. The van der Waals surface area contributed by atoms with Gasteiger partial charge in [-0.3, -0.25) is 9.10 Å². The molecule has 1 unspecified atom stereocenters. The summed E-state index contributed by atoms with van der Waals surface area (Å²) in [6.07, 6.45) is 1.86. The molecule has 4 rings (SSSR count). The van der Waals surface area contributed by atoms with E-state index >= 15 is 0 Å². The topological polar surface area (TPSA) is 70.2 Å². The lowest BCUT2D eigenvalue weighted by atomic mass is 9.97. The molecule has 1 fully saturated rings. The van der Waals surface area contributed by atoms with Crippen LogP contribution in [-0.2, 0) is 14.8 Å². The van der Waals surface area contributed by atoms with E-state index in [1.54, 1.807) is 32.2 Å². The van der Waals surface area contributed by atoms with Gasteiger partial charge in [0.2, 0.25) is 5.91 Å². The number of carbonyl (C=O) groups is 1. The molecular formula is C25H33N3O4S. The van der Waals surface area contributed by atoms with Gasteiger partial charge in [-0.1, -0.05) is 18.2 Å². The Morgan fingerprint density at radius 1 is 1.09 bits per heavy atom. The summed E-state index contributed by atoms with van der Waals surface area (Å²) in [5.74, 6) is 0.124. The summed E-state index contributed by atoms with van der Waals surface area (Å²) < 4.78 is 34.4. The highest BCUT2D eigenvalue weighted by Gasteiger charge is 2.42. The number of likely N-dealkylation sites (N-methyl/N-ethyl adjacent to an activating group) is 1. The number of nitrogens with zero attached hydrogens (tertiary/aromatic N) is 3. The van der Waals surface area contributed by atoms with E-state index in [2.05, 4.69) is 11.9 Å². The minimum atomic E-state index is -3.85. The maximum Gasteiger partial charge on any atom is 0.264 e. The predicted molar refractivity (Wildman–Crippen MR) is 129 cm³/mol. The van der Waals surface area contributed by atoms with Crippen LogP contribution in [0.15, 0.2) is 41.3 Å². The van der Waals surface area contributed by atoms with Gasteiger partial charge in [0.1, 0.15) is 5.75 Å². The molecule has 0 radical (unpaired) electrons. The highest BCUT2D eigenvalue weighted by atomic mass is 32.2. The van der Waals surface area contributed by atoms with Gasteiger partial charge in [-0.15, -0.1) is 0 Å². The lowest BCUT2D eigenvalue weighted by Gasteiger charge is -2.36. The van der Waals surface area contributed by atoms with Crippen LogP contribution in [-0.4, -0.2) is 71.0 Å². The third-order valence-corrected chi connectivity index (χ3v) is 8.99. The van der Waals surface area contributed by atoms with Crippen LogP contribution in [0.3, 0.4) is 0 Å². The largest absolute Gasteiger partial charge is 0.496 e. The molecule has 0 aliphatic carbocycles. The zero-order valence-corrected chi connectivity index (χ0v) is 20.9. The fraction of sp³-hybridized carbons (Fsp3) is 0.480. The molecule has 2 aromatic rings. The number of carbonyl (C=O) groups excluding carboxylic acids is 1. The predicted octanol–water partition coefficient (Wildman–Crippen LogP) is 3.16. The number of likely N-dealkylation sites (tertiary alicyclic amines) is 1. The first-order valence-electron chi connectivity index (χ1n) is 11.4. The molecule has 0 spiro atoms. The highest BCUT2D eigenvalue weighted by Crippen LogP contribution is 2.41. The zero-order chi connectivity index (χ0) is 23.9. The number of fused-ring (bicyclic) bond motifs is 1. The van der Waals surface area contributed by atoms with Crippen molar-refractivity contribution in [3.63, 3.8) is 0 Å². The molecule has 1 saturated heterocycles. The van der Waals surface area contributed by atoms with Crippen LogP contribution in [0.5, 0.6) is 5.75 Å². The number of sulfonamides is 1. The molecule has 33 heavy (non-hydrogen) atoms. The number of anilines is 1. The van der Waals surface area contributed by atoms with E-state index in [0.717, 1.165) is 37.1 Å². The molecule has 0 saturated carbocycles. The van der Waals surface area contributed by atoms with E-state index in [4.69, 9.17) is 4.74 Å². The first-order valence-corrected chi connectivity index (χ1v) is 12.8. The lowest BCUT2D eigenvalue weighted by molar-refractivity contribution is -0.134. The van der Waals surface area contributed by atoms with Crippen molar-refractivity contribution in [3.8, 4) is 5.75 Å². The Hall–Kier alpha value is -2.58. The van der Waals surface area contributed by atoms with E-state index in [0.29, 0.717) is 17.0 Å². The number of rotatable bonds is 5. The van der Waals surface area contributed by atoms with Crippen molar-refractivity contribution in [2.24, 2.45) is 0 Å². The van der Waals surface area contributed by atoms with Gasteiger partial charge in [-0.25, -0.2) is 8.42 Å².